The standard InChI is InChI=1S/C17H12N2O3S/c1-12-5-7-15(8-6-12)23(21,22)19-10-14(11-20)17-13(9-18)3-2-4-16(17)19/h2-8,10-11H,1H3. The van der Waals surface area contributed by atoms with Gasteiger partial charge in [-0.2, -0.15) is 5.26 Å². The second-order valence-electron chi connectivity index (χ2n) is 5.13. The Morgan fingerprint density at radius 2 is 1.83 bits per heavy atom. The van der Waals surface area contributed by atoms with E-state index in [0.29, 0.717) is 17.2 Å². The van der Waals surface area contributed by atoms with Gasteiger partial charge < -0.3 is 0 Å². The first-order valence-corrected chi connectivity index (χ1v) is 8.24. The highest BCUT2D eigenvalue weighted by Crippen LogP contribution is 2.27. The van der Waals surface area contributed by atoms with Crippen LogP contribution in [0.15, 0.2) is 53.6 Å². The third-order valence-electron chi connectivity index (χ3n) is 3.65. The number of rotatable bonds is 3. The lowest BCUT2D eigenvalue weighted by Crippen LogP contribution is -2.11. The summed E-state index contributed by atoms with van der Waals surface area (Å²) in [5.41, 5.74) is 1.70. The van der Waals surface area contributed by atoms with Crippen LogP contribution < -0.4 is 0 Å². The molecule has 0 atom stereocenters. The molecule has 0 saturated carbocycles. The molecule has 0 spiro atoms. The van der Waals surface area contributed by atoms with Gasteiger partial charge in [0.2, 0.25) is 0 Å². The van der Waals surface area contributed by atoms with Gasteiger partial charge in [0.15, 0.2) is 6.29 Å². The molecule has 0 fully saturated rings. The van der Waals surface area contributed by atoms with Crippen molar-refractivity contribution in [2.24, 2.45) is 0 Å². The Hall–Kier alpha value is -2.91. The Morgan fingerprint density at radius 1 is 1.13 bits per heavy atom. The van der Waals surface area contributed by atoms with Crippen LogP contribution in [-0.4, -0.2) is 18.7 Å². The molecule has 3 aromatic rings. The fourth-order valence-electron chi connectivity index (χ4n) is 2.49. The lowest BCUT2D eigenvalue weighted by molar-refractivity contribution is 0.112. The van der Waals surface area contributed by atoms with E-state index in [2.05, 4.69) is 0 Å². The number of hydrogen-bond donors (Lipinski definition) is 0. The van der Waals surface area contributed by atoms with Crippen molar-refractivity contribution >= 4 is 27.2 Å². The quantitative estimate of drug-likeness (QED) is 0.694. The minimum atomic E-state index is -3.85. The number of nitriles is 1. The Morgan fingerprint density at radius 3 is 2.43 bits per heavy atom. The summed E-state index contributed by atoms with van der Waals surface area (Å²) in [6.45, 7) is 1.87. The molecule has 0 saturated heterocycles. The highest BCUT2D eigenvalue weighted by atomic mass is 32.2. The summed E-state index contributed by atoms with van der Waals surface area (Å²) >= 11 is 0. The molecule has 0 aliphatic heterocycles. The Bertz CT molecular complexity index is 1060. The van der Waals surface area contributed by atoms with Crippen LogP contribution in [0.5, 0.6) is 0 Å². The van der Waals surface area contributed by atoms with Crippen LogP contribution >= 0.6 is 0 Å². The van der Waals surface area contributed by atoms with Gasteiger partial charge in [-0.15, -0.1) is 0 Å². The van der Waals surface area contributed by atoms with E-state index in [4.69, 9.17) is 0 Å². The second kappa shape index (κ2) is 5.38. The van der Waals surface area contributed by atoms with Gasteiger partial charge in [0.05, 0.1) is 22.0 Å². The summed E-state index contributed by atoms with van der Waals surface area (Å²) in [5, 5.41) is 9.54. The first-order valence-electron chi connectivity index (χ1n) is 6.80. The number of aryl methyl sites for hydroxylation is 1. The van der Waals surface area contributed by atoms with E-state index in [1.807, 2.05) is 13.0 Å². The molecule has 0 bridgehead atoms. The third-order valence-corrected chi connectivity index (χ3v) is 5.34. The van der Waals surface area contributed by atoms with Crippen molar-refractivity contribution in [2.45, 2.75) is 11.8 Å². The summed E-state index contributed by atoms with van der Waals surface area (Å²) in [5.74, 6) is 0. The van der Waals surface area contributed by atoms with Gasteiger partial charge in [0.25, 0.3) is 10.0 Å². The number of fused-ring (bicyclic) bond motifs is 1. The van der Waals surface area contributed by atoms with Gasteiger partial charge >= 0.3 is 0 Å². The zero-order valence-corrected chi connectivity index (χ0v) is 13.0. The van der Waals surface area contributed by atoms with E-state index >= 15 is 0 Å². The first kappa shape index (κ1) is 15.0. The van der Waals surface area contributed by atoms with Gasteiger partial charge in [0, 0.05) is 17.1 Å². The molecule has 2 aromatic carbocycles. The van der Waals surface area contributed by atoms with E-state index < -0.39 is 10.0 Å². The normalized spacial score (nSPS) is 11.3. The van der Waals surface area contributed by atoms with Crippen LogP contribution in [0.1, 0.15) is 21.5 Å². The number of nitrogens with zero attached hydrogens (tertiary/aromatic N) is 2. The van der Waals surface area contributed by atoms with E-state index in [1.165, 1.54) is 18.3 Å². The first-order chi connectivity index (χ1) is 11.0. The molecule has 0 unspecified atom stereocenters. The fraction of sp³-hybridized carbons (Fsp3) is 0.0588. The highest BCUT2D eigenvalue weighted by molar-refractivity contribution is 7.90. The van der Waals surface area contributed by atoms with Crippen molar-refractivity contribution in [3.8, 4) is 6.07 Å². The molecule has 0 N–H and O–H groups in total. The molecule has 3 rings (SSSR count). The lowest BCUT2D eigenvalue weighted by Gasteiger charge is -2.08. The minimum absolute atomic E-state index is 0.125. The summed E-state index contributed by atoms with van der Waals surface area (Å²) < 4.78 is 26.8. The zero-order chi connectivity index (χ0) is 16.6. The molecular formula is C17H12N2O3S. The highest BCUT2D eigenvalue weighted by Gasteiger charge is 2.22. The van der Waals surface area contributed by atoms with Gasteiger partial charge in [-0.3, -0.25) is 4.79 Å². The summed E-state index contributed by atoms with van der Waals surface area (Å²) in [4.78, 5) is 11.4. The molecule has 114 valence electrons. The number of carbonyl (C=O) groups excluding carboxylic acids is 1. The molecule has 0 radical (unpaired) electrons. The van der Waals surface area contributed by atoms with Crippen LogP contribution in [0.4, 0.5) is 0 Å². The average molecular weight is 324 g/mol. The van der Waals surface area contributed by atoms with Crippen LogP contribution in [-0.2, 0) is 10.0 Å². The van der Waals surface area contributed by atoms with E-state index in [9.17, 15) is 18.5 Å². The van der Waals surface area contributed by atoms with Crippen LogP contribution in [0, 0.1) is 18.3 Å². The fourth-order valence-corrected chi connectivity index (χ4v) is 3.86. The van der Waals surface area contributed by atoms with Gasteiger partial charge in [-0.05, 0) is 31.2 Å². The molecular weight excluding hydrogens is 312 g/mol. The number of carbonyl (C=O) groups is 1. The smallest absolute Gasteiger partial charge is 0.268 e. The Labute approximate surface area is 133 Å². The van der Waals surface area contributed by atoms with E-state index in [0.717, 1.165) is 9.54 Å². The molecule has 5 nitrogen and oxygen atoms in total. The van der Waals surface area contributed by atoms with Crippen LogP contribution in [0.2, 0.25) is 0 Å². The van der Waals surface area contributed by atoms with E-state index in [-0.39, 0.29) is 16.0 Å². The molecule has 0 aliphatic rings. The van der Waals surface area contributed by atoms with Crippen molar-refractivity contribution < 1.29 is 13.2 Å². The molecule has 1 aromatic heterocycles. The second-order valence-corrected chi connectivity index (χ2v) is 6.94. The molecule has 0 amide bonds. The van der Waals surface area contributed by atoms with Crippen LogP contribution in [0.3, 0.4) is 0 Å². The maximum absolute atomic E-state index is 12.9. The lowest BCUT2D eigenvalue weighted by atomic mass is 10.1. The summed E-state index contributed by atoms with van der Waals surface area (Å²) in [7, 11) is -3.85. The van der Waals surface area contributed by atoms with Crippen LogP contribution in [0.25, 0.3) is 10.9 Å². The predicted octanol–water partition coefficient (Wildman–Crippen LogP) is 2.87. The molecule has 23 heavy (non-hydrogen) atoms. The van der Waals surface area contributed by atoms with Crippen molar-refractivity contribution in [3.05, 3.63) is 65.4 Å². The minimum Gasteiger partial charge on any atom is -0.298 e. The van der Waals surface area contributed by atoms with Gasteiger partial charge in [0.1, 0.15) is 0 Å². The number of hydrogen-bond acceptors (Lipinski definition) is 4. The topological polar surface area (TPSA) is 79.9 Å². The average Bonchev–Trinajstić information content (AvgIpc) is 2.95. The number of benzene rings is 2. The molecule has 6 heteroatoms. The van der Waals surface area contributed by atoms with Gasteiger partial charge in [-0.25, -0.2) is 12.4 Å². The summed E-state index contributed by atoms with van der Waals surface area (Å²) in [6, 6.07) is 13.2. The summed E-state index contributed by atoms with van der Waals surface area (Å²) in [6.07, 6.45) is 1.82. The van der Waals surface area contributed by atoms with Crippen molar-refractivity contribution in [3.63, 3.8) is 0 Å². The largest absolute Gasteiger partial charge is 0.298 e. The molecule has 1 heterocycles. The van der Waals surface area contributed by atoms with Gasteiger partial charge in [-0.1, -0.05) is 23.8 Å². The third kappa shape index (κ3) is 2.31. The number of aromatic nitrogens is 1. The zero-order valence-electron chi connectivity index (χ0n) is 12.2. The molecule has 0 aliphatic carbocycles. The number of aldehydes is 1. The van der Waals surface area contributed by atoms with Crippen molar-refractivity contribution in [1.82, 2.24) is 3.97 Å². The van der Waals surface area contributed by atoms with Crippen molar-refractivity contribution in [2.75, 3.05) is 0 Å². The van der Waals surface area contributed by atoms with Crippen molar-refractivity contribution in [1.29, 1.82) is 5.26 Å². The maximum atomic E-state index is 12.9. The monoisotopic (exact) mass is 324 g/mol. The Balaban J connectivity index is 2.35. The predicted molar refractivity (Wildman–Crippen MR) is 85.8 cm³/mol. The van der Waals surface area contributed by atoms with E-state index in [1.54, 1.807) is 30.3 Å². The maximum Gasteiger partial charge on any atom is 0.268 e. The SMILES string of the molecule is Cc1ccc(S(=O)(=O)n2cc(C=O)c3c(C#N)cccc32)cc1. The Kier molecular flexibility index (Phi) is 3.51.